The van der Waals surface area contributed by atoms with Crippen LogP contribution in [-0.2, 0) is 4.74 Å². The quantitative estimate of drug-likeness (QED) is 0.804. The van der Waals surface area contributed by atoms with Crippen molar-refractivity contribution in [1.82, 2.24) is 5.32 Å². The highest BCUT2D eigenvalue weighted by Gasteiger charge is 2.17. The third-order valence-electron chi connectivity index (χ3n) is 2.52. The van der Waals surface area contributed by atoms with Gasteiger partial charge in [-0.05, 0) is 40.6 Å². The molecular formula is C11H14INO. The molecule has 0 bridgehead atoms. The molecule has 1 saturated heterocycles. The molecule has 0 aliphatic carbocycles. The van der Waals surface area contributed by atoms with Gasteiger partial charge in [-0.15, -0.1) is 0 Å². The predicted molar refractivity (Wildman–Crippen MR) is 65.5 cm³/mol. The lowest BCUT2D eigenvalue weighted by Crippen LogP contribution is -2.35. The van der Waals surface area contributed by atoms with Gasteiger partial charge in [-0.3, -0.25) is 0 Å². The Balaban J connectivity index is 2.26. The van der Waals surface area contributed by atoms with Crippen molar-refractivity contribution in [2.45, 2.75) is 13.0 Å². The van der Waals surface area contributed by atoms with E-state index in [1.54, 1.807) is 0 Å². The molecule has 0 radical (unpaired) electrons. The molecule has 0 aromatic heterocycles. The van der Waals surface area contributed by atoms with Crippen LogP contribution in [0.2, 0.25) is 0 Å². The first-order valence-electron chi connectivity index (χ1n) is 4.85. The van der Waals surface area contributed by atoms with Crippen molar-refractivity contribution in [3.63, 3.8) is 0 Å². The Bertz CT molecular complexity index is 321. The molecule has 1 aliphatic heterocycles. The van der Waals surface area contributed by atoms with E-state index in [0.717, 1.165) is 19.8 Å². The highest BCUT2D eigenvalue weighted by atomic mass is 127. The number of hydrogen-bond donors (Lipinski definition) is 1. The highest BCUT2D eigenvalue weighted by Crippen LogP contribution is 2.24. The van der Waals surface area contributed by atoms with Gasteiger partial charge in [-0.25, -0.2) is 0 Å². The second kappa shape index (κ2) is 4.59. The van der Waals surface area contributed by atoms with Crippen LogP contribution in [0, 0.1) is 10.5 Å². The summed E-state index contributed by atoms with van der Waals surface area (Å²) in [6.07, 6.45) is 0. The Labute approximate surface area is 98.2 Å². The van der Waals surface area contributed by atoms with Crippen molar-refractivity contribution >= 4 is 22.6 Å². The smallest absolute Gasteiger partial charge is 0.0662 e. The fourth-order valence-electron chi connectivity index (χ4n) is 1.70. The number of hydrogen-bond acceptors (Lipinski definition) is 2. The van der Waals surface area contributed by atoms with E-state index in [-0.39, 0.29) is 0 Å². The molecule has 1 aliphatic rings. The van der Waals surface area contributed by atoms with Crippen LogP contribution in [0.4, 0.5) is 0 Å². The zero-order valence-electron chi connectivity index (χ0n) is 8.22. The van der Waals surface area contributed by atoms with Gasteiger partial charge in [0.2, 0.25) is 0 Å². The summed E-state index contributed by atoms with van der Waals surface area (Å²) >= 11 is 2.41. The highest BCUT2D eigenvalue weighted by molar-refractivity contribution is 14.1. The number of nitrogens with one attached hydrogen (secondary N) is 1. The Kier molecular flexibility index (Phi) is 3.41. The van der Waals surface area contributed by atoms with E-state index in [9.17, 15) is 0 Å². The minimum atomic E-state index is 0.371. The first-order valence-corrected chi connectivity index (χ1v) is 5.93. The molecule has 0 unspecified atom stereocenters. The maximum atomic E-state index is 5.47. The molecule has 1 fully saturated rings. The van der Waals surface area contributed by atoms with Crippen molar-refractivity contribution in [1.29, 1.82) is 0 Å². The van der Waals surface area contributed by atoms with Gasteiger partial charge in [-0.1, -0.05) is 18.2 Å². The molecule has 1 aromatic rings. The minimum absolute atomic E-state index is 0.371. The third-order valence-corrected chi connectivity index (χ3v) is 3.99. The molecule has 1 N–H and O–H groups in total. The van der Waals surface area contributed by atoms with Crippen LogP contribution >= 0.6 is 22.6 Å². The van der Waals surface area contributed by atoms with Crippen molar-refractivity contribution in [3.05, 3.63) is 32.9 Å². The summed E-state index contributed by atoms with van der Waals surface area (Å²) in [7, 11) is 0. The molecule has 1 aromatic carbocycles. The largest absolute Gasteiger partial charge is 0.378 e. The molecule has 76 valence electrons. The summed E-state index contributed by atoms with van der Waals surface area (Å²) in [6.45, 7) is 4.72. The average Bonchev–Trinajstić information content (AvgIpc) is 2.23. The van der Waals surface area contributed by atoms with Crippen LogP contribution < -0.4 is 5.32 Å². The normalized spacial score (nSPS) is 22.3. The van der Waals surface area contributed by atoms with Gasteiger partial charge < -0.3 is 10.1 Å². The summed E-state index contributed by atoms with van der Waals surface area (Å²) in [6, 6.07) is 6.81. The van der Waals surface area contributed by atoms with Crippen LogP contribution in [0.15, 0.2) is 18.2 Å². The van der Waals surface area contributed by atoms with Gasteiger partial charge in [0.1, 0.15) is 0 Å². The minimum Gasteiger partial charge on any atom is -0.378 e. The van der Waals surface area contributed by atoms with Gasteiger partial charge in [0.25, 0.3) is 0 Å². The Morgan fingerprint density at radius 1 is 1.50 bits per heavy atom. The summed E-state index contributed by atoms with van der Waals surface area (Å²) in [5.74, 6) is 0. The lowest BCUT2D eigenvalue weighted by molar-refractivity contribution is 0.0766. The molecule has 0 amide bonds. The van der Waals surface area contributed by atoms with Crippen molar-refractivity contribution in [2.75, 3.05) is 19.8 Å². The predicted octanol–water partition coefficient (Wildman–Crippen LogP) is 2.26. The monoisotopic (exact) mass is 303 g/mol. The van der Waals surface area contributed by atoms with Gasteiger partial charge in [-0.2, -0.15) is 0 Å². The standard InChI is InChI=1S/C11H14INO/c1-8-3-2-4-9(11(8)12)10-7-14-6-5-13-10/h2-4,10,13H,5-7H2,1H3/t10-/m1/s1. The lowest BCUT2D eigenvalue weighted by Gasteiger charge is -2.25. The molecule has 2 rings (SSSR count). The molecule has 1 heterocycles. The SMILES string of the molecule is Cc1cccc([C@H]2COCCN2)c1I. The number of halogens is 1. The first kappa shape index (κ1) is 10.4. The topological polar surface area (TPSA) is 21.3 Å². The molecule has 3 heteroatoms. The van der Waals surface area contributed by atoms with Crippen molar-refractivity contribution in [3.8, 4) is 0 Å². The van der Waals surface area contributed by atoms with E-state index in [4.69, 9.17) is 4.74 Å². The number of morpholine rings is 1. The fourth-order valence-corrected chi connectivity index (χ4v) is 2.44. The van der Waals surface area contributed by atoms with E-state index >= 15 is 0 Å². The summed E-state index contributed by atoms with van der Waals surface area (Å²) in [4.78, 5) is 0. The zero-order valence-corrected chi connectivity index (χ0v) is 10.4. The number of benzene rings is 1. The zero-order chi connectivity index (χ0) is 9.97. The Morgan fingerprint density at radius 3 is 3.07 bits per heavy atom. The van der Waals surface area contributed by atoms with Gasteiger partial charge >= 0.3 is 0 Å². The lowest BCUT2D eigenvalue weighted by atomic mass is 10.0. The number of rotatable bonds is 1. The Hall–Kier alpha value is -0.130. The Morgan fingerprint density at radius 2 is 2.36 bits per heavy atom. The number of aryl methyl sites for hydroxylation is 1. The van der Waals surface area contributed by atoms with E-state index in [1.165, 1.54) is 14.7 Å². The molecule has 0 spiro atoms. The summed E-state index contributed by atoms with van der Waals surface area (Å²) < 4.78 is 6.82. The van der Waals surface area contributed by atoms with Gasteiger partial charge in [0.05, 0.1) is 19.3 Å². The summed E-state index contributed by atoms with van der Waals surface area (Å²) in [5, 5.41) is 3.47. The van der Waals surface area contributed by atoms with Crippen LogP contribution in [0.1, 0.15) is 17.2 Å². The van der Waals surface area contributed by atoms with E-state index in [1.807, 2.05) is 0 Å². The van der Waals surface area contributed by atoms with Gasteiger partial charge in [0, 0.05) is 10.1 Å². The first-order chi connectivity index (χ1) is 6.79. The molecule has 14 heavy (non-hydrogen) atoms. The molecule has 1 atom stereocenters. The van der Waals surface area contributed by atoms with Crippen LogP contribution in [-0.4, -0.2) is 19.8 Å². The second-order valence-corrected chi connectivity index (χ2v) is 4.64. The van der Waals surface area contributed by atoms with E-state index in [2.05, 4.69) is 53.0 Å². The molecule has 0 saturated carbocycles. The molecular weight excluding hydrogens is 289 g/mol. The number of ether oxygens (including phenoxy) is 1. The summed E-state index contributed by atoms with van der Waals surface area (Å²) in [5.41, 5.74) is 2.71. The van der Waals surface area contributed by atoms with Crippen molar-refractivity contribution < 1.29 is 4.74 Å². The van der Waals surface area contributed by atoms with Crippen molar-refractivity contribution in [2.24, 2.45) is 0 Å². The second-order valence-electron chi connectivity index (χ2n) is 3.56. The fraction of sp³-hybridized carbons (Fsp3) is 0.455. The molecule has 2 nitrogen and oxygen atoms in total. The third kappa shape index (κ3) is 2.10. The average molecular weight is 303 g/mol. The maximum absolute atomic E-state index is 5.47. The van der Waals surface area contributed by atoms with Crippen LogP contribution in [0.5, 0.6) is 0 Å². The van der Waals surface area contributed by atoms with Crippen LogP contribution in [0.25, 0.3) is 0 Å². The van der Waals surface area contributed by atoms with Gasteiger partial charge in [0.15, 0.2) is 0 Å². The van der Waals surface area contributed by atoms with E-state index < -0.39 is 0 Å². The van der Waals surface area contributed by atoms with Crippen LogP contribution in [0.3, 0.4) is 0 Å². The van der Waals surface area contributed by atoms with E-state index in [0.29, 0.717) is 6.04 Å². The maximum Gasteiger partial charge on any atom is 0.0662 e.